The van der Waals surface area contributed by atoms with E-state index in [1.54, 1.807) is 35.5 Å². The first-order valence-electron chi connectivity index (χ1n) is 13.2. The van der Waals surface area contributed by atoms with Crippen LogP contribution in [0.1, 0.15) is 40.5 Å². The van der Waals surface area contributed by atoms with Crippen molar-refractivity contribution in [3.05, 3.63) is 65.4 Å². The summed E-state index contributed by atoms with van der Waals surface area (Å²) in [5, 5.41) is 1.17. The molecule has 3 aromatic heterocycles. The largest absolute Gasteiger partial charge is 0.337 e. The minimum absolute atomic E-state index is 0.0851. The van der Waals surface area contributed by atoms with Crippen LogP contribution >= 0.6 is 23.1 Å². The summed E-state index contributed by atoms with van der Waals surface area (Å²) in [6.45, 7) is 2.80. The molecule has 2 aliphatic rings. The molecular weight excluding hydrogens is 514 g/mol. The maximum absolute atomic E-state index is 13.2. The van der Waals surface area contributed by atoms with E-state index in [1.165, 1.54) is 24.3 Å². The highest BCUT2D eigenvalue weighted by Crippen LogP contribution is 2.36. The summed E-state index contributed by atoms with van der Waals surface area (Å²) < 4.78 is 1.10. The monoisotopic (exact) mass is 545 g/mol. The van der Waals surface area contributed by atoms with Gasteiger partial charge >= 0.3 is 0 Å². The molecule has 2 fully saturated rings. The number of carbonyl (C=O) groups excluding carboxylic acids is 1. The molecule has 2 atom stereocenters. The second kappa shape index (κ2) is 11.3. The maximum atomic E-state index is 13.2. The Bertz CT molecular complexity index is 1390. The van der Waals surface area contributed by atoms with Crippen LogP contribution in [0.4, 0.5) is 5.95 Å². The van der Waals surface area contributed by atoms with Crippen molar-refractivity contribution < 1.29 is 4.79 Å². The average molecular weight is 546 g/mol. The van der Waals surface area contributed by atoms with E-state index in [9.17, 15) is 4.79 Å². The molecule has 1 aromatic carbocycles. The number of nitrogens with zero attached hydrogens (tertiary/aromatic N) is 7. The lowest BCUT2D eigenvalue weighted by Gasteiger charge is -2.34. The summed E-state index contributed by atoms with van der Waals surface area (Å²) in [5.41, 5.74) is 1.73. The summed E-state index contributed by atoms with van der Waals surface area (Å²) in [5.74, 6) is 3.07. The summed E-state index contributed by atoms with van der Waals surface area (Å²) in [7, 11) is 0. The molecule has 1 saturated carbocycles. The molecule has 1 amide bonds. The Morgan fingerprint density at radius 2 is 1.74 bits per heavy atom. The predicted molar refractivity (Wildman–Crippen MR) is 152 cm³/mol. The van der Waals surface area contributed by atoms with Crippen LogP contribution in [-0.4, -0.2) is 68.2 Å². The number of amides is 1. The number of piperazine rings is 1. The van der Waals surface area contributed by atoms with Gasteiger partial charge in [-0.25, -0.2) is 24.9 Å². The highest BCUT2D eigenvalue weighted by molar-refractivity contribution is 7.98. The number of hydrogen-bond acceptors (Lipinski definition) is 9. The quantitative estimate of drug-likeness (QED) is 0.307. The van der Waals surface area contributed by atoms with Gasteiger partial charge in [0.1, 0.15) is 5.82 Å². The van der Waals surface area contributed by atoms with Crippen LogP contribution in [0.5, 0.6) is 0 Å². The lowest BCUT2D eigenvalue weighted by atomic mass is 9.99. The first kappa shape index (κ1) is 25.2. The zero-order chi connectivity index (χ0) is 25.9. The lowest BCUT2D eigenvalue weighted by Crippen LogP contribution is -2.49. The van der Waals surface area contributed by atoms with Crippen LogP contribution in [0.25, 0.3) is 10.2 Å². The Balaban J connectivity index is 1.04. The molecule has 0 bridgehead atoms. The molecule has 0 N–H and O–H groups in total. The molecular formula is C28H31N7OS2. The van der Waals surface area contributed by atoms with E-state index >= 15 is 0 Å². The fourth-order valence-corrected chi connectivity index (χ4v) is 6.98. The summed E-state index contributed by atoms with van der Waals surface area (Å²) in [4.78, 5) is 41.1. The molecule has 0 spiro atoms. The number of hydrogen-bond donors (Lipinski definition) is 0. The second-order valence-corrected chi connectivity index (χ2v) is 12.1. The normalized spacial score (nSPS) is 19.8. The van der Waals surface area contributed by atoms with Gasteiger partial charge in [0, 0.05) is 74.3 Å². The van der Waals surface area contributed by atoms with Crippen molar-refractivity contribution in [3.8, 4) is 0 Å². The van der Waals surface area contributed by atoms with E-state index in [0.717, 1.165) is 58.4 Å². The SMILES string of the molecule is CSc1cnc(C[C@H]2CC[C@H](Cc3nc4ccc(C(=O)N5CCN(c6ncccn6)CC5)cc4s3)C2)nc1. The third-order valence-corrected chi connectivity index (χ3v) is 9.31. The molecule has 6 rings (SSSR count). The van der Waals surface area contributed by atoms with Gasteiger partial charge in [-0.1, -0.05) is 0 Å². The Hall–Kier alpha value is -3.11. The first-order valence-corrected chi connectivity index (χ1v) is 15.2. The van der Waals surface area contributed by atoms with E-state index in [1.807, 2.05) is 47.8 Å². The van der Waals surface area contributed by atoms with Crippen LogP contribution in [0, 0.1) is 11.8 Å². The van der Waals surface area contributed by atoms with Crippen molar-refractivity contribution in [3.63, 3.8) is 0 Å². The van der Waals surface area contributed by atoms with Crippen LogP contribution in [-0.2, 0) is 12.8 Å². The fraction of sp³-hybridized carbons (Fsp3) is 0.429. The highest BCUT2D eigenvalue weighted by Gasteiger charge is 2.27. The maximum Gasteiger partial charge on any atom is 0.254 e. The van der Waals surface area contributed by atoms with Crippen LogP contribution in [0.2, 0.25) is 0 Å². The molecule has 1 aliphatic heterocycles. The van der Waals surface area contributed by atoms with Crippen LogP contribution < -0.4 is 4.90 Å². The summed E-state index contributed by atoms with van der Waals surface area (Å²) in [6.07, 6.45) is 15.0. The van der Waals surface area contributed by atoms with Gasteiger partial charge in [0.05, 0.1) is 15.2 Å². The number of aromatic nitrogens is 5. The van der Waals surface area contributed by atoms with E-state index in [4.69, 9.17) is 4.98 Å². The van der Waals surface area contributed by atoms with Crippen molar-refractivity contribution in [1.29, 1.82) is 0 Å². The minimum atomic E-state index is 0.0851. The smallest absolute Gasteiger partial charge is 0.254 e. The molecule has 0 unspecified atom stereocenters. The lowest BCUT2D eigenvalue weighted by molar-refractivity contribution is 0.0746. The molecule has 38 heavy (non-hydrogen) atoms. The van der Waals surface area contributed by atoms with Crippen molar-refractivity contribution in [1.82, 2.24) is 29.8 Å². The van der Waals surface area contributed by atoms with Gasteiger partial charge in [-0.15, -0.1) is 23.1 Å². The fourth-order valence-electron chi connectivity index (χ4n) is 5.55. The number of thiazole rings is 1. The number of carbonyl (C=O) groups is 1. The van der Waals surface area contributed by atoms with Crippen molar-refractivity contribution >= 4 is 45.2 Å². The predicted octanol–water partition coefficient (Wildman–Crippen LogP) is 4.76. The number of benzene rings is 1. The minimum Gasteiger partial charge on any atom is -0.337 e. The molecule has 8 nitrogen and oxygen atoms in total. The van der Waals surface area contributed by atoms with E-state index in [0.29, 0.717) is 24.9 Å². The van der Waals surface area contributed by atoms with E-state index in [-0.39, 0.29) is 5.91 Å². The Morgan fingerprint density at radius 3 is 2.47 bits per heavy atom. The zero-order valence-corrected chi connectivity index (χ0v) is 23.1. The average Bonchev–Trinajstić information content (AvgIpc) is 3.59. The van der Waals surface area contributed by atoms with Gasteiger partial charge in [-0.05, 0) is 61.6 Å². The van der Waals surface area contributed by atoms with Crippen LogP contribution in [0.3, 0.4) is 0 Å². The van der Waals surface area contributed by atoms with E-state index in [2.05, 4.69) is 24.8 Å². The topological polar surface area (TPSA) is 88.0 Å². The molecule has 4 aromatic rings. The van der Waals surface area contributed by atoms with Gasteiger partial charge < -0.3 is 9.80 Å². The van der Waals surface area contributed by atoms with Crippen LogP contribution in [0.15, 0.2) is 53.9 Å². The van der Waals surface area contributed by atoms with Gasteiger partial charge in [0.15, 0.2) is 0 Å². The molecule has 1 aliphatic carbocycles. The Labute approximate surface area is 231 Å². The third kappa shape index (κ3) is 5.66. The molecule has 0 radical (unpaired) electrons. The Kier molecular flexibility index (Phi) is 7.51. The number of rotatable bonds is 7. The molecule has 1 saturated heterocycles. The standard InChI is InChI=1S/C28H31N7OS2/c1-37-22-17-31-25(32-18-22)14-19-3-4-20(13-19)15-26-33-23-6-5-21(16-24(23)38-26)27(36)34-9-11-35(12-10-34)28-29-7-2-8-30-28/h2,5-8,16-20H,3-4,9-15H2,1H3/t19-,20-/m0/s1. The number of anilines is 1. The Morgan fingerprint density at radius 1 is 1.00 bits per heavy atom. The second-order valence-electron chi connectivity index (χ2n) is 10.1. The number of fused-ring (bicyclic) bond motifs is 1. The van der Waals surface area contributed by atoms with Crippen molar-refractivity contribution in [2.24, 2.45) is 11.8 Å². The molecule has 4 heterocycles. The van der Waals surface area contributed by atoms with Gasteiger partial charge in [0.2, 0.25) is 5.95 Å². The highest BCUT2D eigenvalue weighted by atomic mass is 32.2. The first-order chi connectivity index (χ1) is 18.6. The van der Waals surface area contributed by atoms with Gasteiger partial charge in [-0.2, -0.15) is 0 Å². The summed E-state index contributed by atoms with van der Waals surface area (Å²) >= 11 is 3.41. The van der Waals surface area contributed by atoms with Crippen molar-refractivity contribution in [2.45, 2.75) is 37.0 Å². The molecule has 196 valence electrons. The van der Waals surface area contributed by atoms with Gasteiger partial charge in [0.25, 0.3) is 5.91 Å². The third-order valence-electron chi connectivity index (χ3n) is 7.58. The van der Waals surface area contributed by atoms with Gasteiger partial charge in [-0.3, -0.25) is 4.79 Å². The molecule has 10 heteroatoms. The zero-order valence-electron chi connectivity index (χ0n) is 21.5. The number of thioether (sulfide) groups is 1. The van der Waals surface area contributed by atoms with E-state index < -0.39 is 0 Å². The summed E-state index contributed by atoms with van der Waals surface area (Å²) in [6, 6.07) is 7.77. The van der Waals surface area contributed by atoms with Crippen molar-refractivity contribution in [2.75, 3.05) is 37.3 Å².